The summed E-state index contributed by atoms with van der Waals surface area (Å²) in [4.78, 5) is 24.9. The van der Waals surface area contributed by atoms with Crippen LogP contribution in [0.25, 0.3) is 0 Å². The minimum atomic E-state index is -3.74. The van der Waals surface area contributed by atoms with E-state index in [-0.39, 0.29) is 4.90 Å². The molecule has 0 aliphatic carbocycles. The van der Waals surface area contributed by atoms with Crippen molar-refractivity contribution in [2.45, 2.75) is 18.7 Å². The molecule has 0 heterocycles. The maximum Gasteiger partial charge on any atom is 0.343 e. The Labute approximate surface area is 221 Å². The number of hydrazone groups is 1. The van der Waals surface area contributed by atoms with Crippen molar-refractivity contribution < 1.29 is 22.7 Å². The van der Waals surface area contributed by atoms with Gasteiger partial charge in [-0.25, -0.2) is 18.6 Å². The molecule has 0 bridgehead atoms. The number of hydrogen-bond donors (Lipinski definition) is 2. The topological polar surface area (TPSA) is 114 Å². The zero-order chi connectivity index (χ0) is 27.1. The molecule has 1 amide bonds. The van der Waals surface area contributed by atoms with Gasteiger partial charge in [0, 0.05) is 11.3 Å². The average molecular weight is 528 g/mol. The summed E-state index contributed by atoms with van der Waals surface area (Å²) in [6, 6.07) is 26.3. The maximum atomic E-state index is 12.5. The fourth-order valence-electron chi connectivity index (χ4n) is 3.44. The van der Waals surface area contributed by atoms with Crippen LogP contribution in [0.2, 0.25) is 0 Å². The number of esters is 1. The van der Waals surface area contributed by atoms with E-state index in [1.54, 1.807) is 48.5 Å². The summed E-state index contributed by atoms with van der Waals surface area (Å²) in [6.45, 7) is 3.72. The van der Waals surface area contributed by atoms with Crippen LogP contribution < -0.4 is 14.9 Å². The summed E-state index contributed by atoms with van der Waals surface area (Å²) in [5.41, 5.74) is 6.03. The molecule has 4 rings (SSSR count). The van der Waals surface area contributed by atoms with Crippen LogP contribution in [0.4, 0.5) is 5.69 Å². The Balaban J connectivity index is 1.31. The molecule has 0 saturated carbocycles. The Bertz CT molecular complexity index is 1580. The van der Waals surface area contributed by atoms with Crippen LogP contribution in [0, 0.1) is 13.8 Å². The standard InChI is InChI=1S/C29H25N3O5S/c1-20-7-17-26(18-8-20)38(35,36)32-24-13-11-23(12-14-24)28(33)31-30-19-22-9-15-25(16-10-22)37-29(34)27-6-4-3-5-21(27)2/h3-19,32H,1-2H3,(H,31,33). The molecule has 2 N–H and O–H groups in total. The van der Waals surface area contributed by atoms with E-state index in [1.807, 2.05) is 26.0 Å². The van der Waals surface area contributed by atoms with E-state index in [0.717, 1.165) is 11.1 Å². The number of benzene rings is 4. The van der Waals surface area contributed by atoms with Gasteiger partial charge in [0.25, 0.3) is 15.9 Å². The molecule has 4 aromatic rings. The predicted molar refractivity (Wildman–Crippen MR) is 146 cm³/mol. The first-order valence-corrected chi connectivity index (χ1v) is 13.1. The molecular formula is C29H25N3O5S. The van der Waals surface area contributed by atoms with E-state index in [4.69, 9.17) is 4.74 Å². The van der Waals surface area contributed by atoms with Gasteiger partial charge in [-0.15, -0.1) is 0 Å². The van der Waals surface area contributed by atoms with Crippen molar-refractivity contribution in [1.29, 1.82) is 0 Å². The largest absolute Gasteiger partial charge is 0.423 e. The second kappa shape index (κ2) is 11.5. The highest BCUT2D eigenvalue weighted by molar-refractivity contribution is 7.92. The van der Waals surface area contributed by atoms with Crippen LogP contribution in [0.15, 0.2) is 107 Å². The minimum absolute atomic E-state index is 0.150. The van der Waals surface area contributed by atoms with Gasteiger partial charge < -0.3 is 4.74 Å². The second-order valence-corrected chi connectivity index (χ2v) is 10.2. The van der Waals surface area contributed by atoms with Gasteiger partial charge in [0.1, 0.15) is 5.75 Å². The lowest BCUT2D eigenvalue weighted by Crippen LogP contribution is -2.18. The number of rotatable bonds is 8. The van der Waals surface area contributed by atoms with Crippen LogP contribution in [-0.4, -0.2) is 26.5 Å². The lowest BCUT2D eigenvalue weighted by molar-refractivity contribution is 0.0733. The molecule has 192 valence electrons. The summed E-state index contributed by atoms with van der Waals surface area (Å²) in [6.07, 6.45) is 1.45. The Morgan fingerprint density at radius 3 is 2.13 bits per heavy atom. The van der Waals surface area contributed by atoms with Crippen molar-refractivity contribution in [1.82, 2.24) is 5.43 Å². The number of nitrogens with one attached hydrogen (secondary N) is 2. The molecule has 0 saturated heterocycles. The summed E-state index contributed by atoms with van der Waals surface area (Å²) < 4.78 is 33.0. The lowest BCUT2D eigenvalue weighted by Gasteiger charge is -2.09. The van der Waals surface area contributed by atoms with E-state index in [0.29, 0.717) is 28.1 Å². The Morgan fingerprint density at radius 1 is 0.816 bits per heavy atom. The normalized spacial score (nSPS) is 11.2. The molecule has 0 unspecified atom stereocenters. The molecule has 9 heteroatoms. The number of amides is 1. The number of ether oxygens (including phenoxy) is 1. The maximum absolute atomic E-state index is 12.5. The van der Waals surface area contributed by atoms with E-state index in [1.165, 1.54) is 42.6 Å². The number of carbonyl (C=O) groups excluding carboxylic acids is 2. The van der Waals surface area contributed by atoms with Gasteiger partial charge in [-0.05, 0) is 91.7 Å². The monoisotopic (exact) mass is 527 g/mol. The van der Waals surface area contributed by atoms with Crippen LogP contribution in [0.3, 0.4) is 0 Å². The lowest BCUT2D eigenvalue weighted by atomic mass is 10.1. The molecule has 0 aliphatic heterocycles. The fourth-order valence-corrected chi connectivity index (χ4v) is 4.50. The highest BCUT2D eigenvalue weighted by Gasteiger charge is 2.14. The van der Waals surface area contributed by atoms with Crippen molar-refractivity contribution in [3.63, 3.8) is 0 Å². The predicted octanol–water partition coefficient (Wildman–Crippen LogP) is 5.09. The second-order valence-electron chi connectivity index (χ2n) is 8.47. The van der Waals surface area contributed by atoms with Gasteiger partial charge in [-0.3, -0.25) is 9.52 Å². The van der Waals surface area contributed by atoms with Crippen molar-refractivity contribution in [2.75, 3.05) is 4.72 Å². The van der Waals surface area contributed by atoms with E-state index in [9.17, 15) is 18.0 Å². The molecular weight excluding hydrogens is 502 g/mol. The summed E-state index contributed by atoms with van der Waals surface area (Å²) in [7, 11) is -3.74. The Hall–Kier alpha value is -4.76. The third kappa shape index (κ3) is 6.71. The zero-order valence-electron chi connectivity index (χ0n) is 20.7. The van der Waals surface area contributed by atoms with Crippen LogP contribution in [0.1, 0.15) is 37.4 Å². The van der Waals surface area contributed by atoms with Gasteiger partial charge in [0.05, 0.1) is 16.7 Å². The first-order valence-electron chi connectivity index (χ1n) is 11.6. The highest BCUT2D eigenvalue weighted by atomic mass is 32.2. The smallest absolute Gasteiger partial charge is 0.343 e. The van der Waals surface area contributed by atoms with E-state index >= 15 is 0 Å². The van der Waals surface area contributed by atoms with Gasteiger partial charge >= 0.3 is 5.97 Å². The summed E-state index contributed by atoms with van der Waals surface area (Å²) in [5.74, 6) is -0.513. The molecule has 0 atom stereocenters. The highest BCUT2D eigenvalue weighted by Crippen LogP contribution is 2.18. The third-order valence-electron chi connectivity index (χ3n) is 5.57. The van der Waals surface area contributed by atoms with Crippen LogP contribution >= 0.6 is 0 Å². The average Bonchev–Trinajstić information content (AvgIpc) is 2.90. The minimum Gasteiger partial charge on any atom is -0.423 e. The van der Waals surface area contributed by atoms with Crippen molar-refractivity contribution in [3.8, 4) is 5.75 Å². The first kappa shape index (κ1) is 26.3. The summed E-state index contributed by atoms with van der Waals surface area (Å²) in [5, 5.41) is 3.95. The van der Waals surface area contributed by atoms with Gasteiger partial charge in [-0.2, -0.15) is 5.10 Å². The molecule has 8 nitrogen and oxygen atoms in total. The number of hydrogen-bond acceptors (Lipinski definition) is 6. The van der Waals surface area contributed by atoms with Crippen molar-refractivity contribution in [3.05, 3.63) is 125 Å². The molecule has 0 aliphatic rings. The molecule has 0 fully saturated rings. The van der Waals surface area contributed by atoms with Gasteiger partial charge in [0.2, 0.25) is 0 Å². The third-order valence-corrected chi connectivity index (χ3v) is 6.96. The SMILES string of the molecule is Cc1ccc(S(=O)(=O)Nc2ccc(C(=O)NN=Cc3ccc(OC(=O)c4ccccc4C)cc3)cc2)cc1. The molecule has 0 aromatic heterocycles. The Morgan fingerprint density at radius 2 is 1.47 bits per heavy atom. The summed E-state index contributed by atoms with van der Waals surface area (Å²) >= 11 is 0. The van der Waals surface area contributed by atoms with Crippen molar-refractivity contribution in [2.24, 2.45) is 5.10 Å². The Kier molecular flexibility index (Phi) is 7.98. The number of aryl methyl sites for hydroxylation is 2. The van der Waals surface area contributed by atoms with E-state index in [2.05, 4.69) is 15.2 Å². The van der Waals surface area contributed by atoms with Crippen LogP contribution in [-0.2, 0) is 10.0 Å². The molecule has 4 aromatic carbocycles. The molecule has 0 radical (unpaired) electrons. The number of anilines is 1. The quantitative estimate of drug-likeness (QED) is 0.143. The van der Waals surface area contributed by atoms with Gasteiger partial charge in [0.15, 0.2) is 0 Å². The van der Waals surface area contributed by atoms with Crippen LogP contribution in [0.5, 0.6) is 5.75 Å². The van der Waals surface area contributed by atoms with E-state index < -0.39 is 21.9 Å². The number of nitrogens with zero attached hydrogens (tertiary/aromatic N) is 1. The van der Waals surface area contributed by atoms with Crippen molar-refractivity contribution >= 4 is 33.8 Å². The molecule has 38 heavy (non-hydrogen) atoms. The zero-order valence-corrected chi connectivity index (χ0v) is 21.5. The number of sulfonamides is 1. The first-order chi connectivity index (χ1) is 18.2. The van der Waals surface area contributed by atoms with Gasteiger partial charge in [-0.1, -0.05) is 35.9 Å². The molecule has 0 spiro atoms. The fraction of sp³-hybridized carbons (Fsp3) is 0.0690. The number of carbonyl (C=O) groups is 2.